The maximum Gasteiger partial charge on any atom is 0.173 e. The third-order valence-corrected chi connectivity index (χ3v) is 6.22. The summed E-state index contributed by atoms with van der Waals surface area (Å²) in [4.78, 5) is 17.2. The summed E-state index contributed by atoms with van der Waals surface area (Å²) in [5.74, 6) is -0.415. The van der Waals surface area contributed by atoms with E-state index in [0.29, 0.717) is 17.0 Å². The Morgan fingerprint density at radius 3 is 2.59 bits per heavy atom. The van der Waals surface area contributed by atoms with Crippen LogP contribution >= 0.6 is 0 Å². The van der Waals surface area contributed by atoms with Crippen LogP contribution in [0.1, 0.15) is 23.7 Å². The molecule has 39 heavy (non-hydrogen) atoms. The first-order chi connectivity index (χ1) is 18.7. The summed E-state index contributed by atoms with van der Waals surface area (Å²) in [5.41, 5.74) is 7.00. The number of aliphatic imine (C=N–C) groups is 2. The highest BCUT2D eigenvalue weighted by atomic mass is 19.1. The Morgan fingerprint density at radius 1 is 1.15 bits per heavy atom. The van der Waals surface area contributed by atoms with Crippen LogP contribution in [-0.4, -0.2) is 67.6 Å². The molecule has 2 N–H and O–H groups in total. The number of benzene rings is 1. The lowest BCUT2D eigenvalue weighted by atomic mass is 10.1. The molecule has 0 aliphatic carbocycles. The smallest absolute Gasteiger partial charge is 0.173 e. The van der Waals surface area contributed by atoms with E-state index in [4.69, 9.17) is 4.99 Å². The van der Waals surface area contributed by atoms with Crippen molar-refractivity contribution >= 4 is 35.1 Å². The minimum Gasteiger partial charge on any atom is -0.372 e. The van der Waals surface area contributed by atoms with Crippen molar-refractivity contribution in [3.63, 3.8) is 0 Å². The third kappa shape index (κ3) is 7.64. The molecule has 0 bridgehead atoms. The summed E-state index contributed by atoms with van der Waals surface area (Å²) >= 11 is 0. The van der Waals surface area contributed by atoms with E-state index in [1.165, 1.54) is 6.07 Å². The van der Waals surface area contributed by atoms with Crippen molar-refractivity contribution in [2.24, 2.45) is 9.98 Å². The van der Waals surface area contributed by atoms with E-state index in [1.54, 1.807) is 28.9 Å². The number of fused-ring (bicyclic) bond motifs is 1. The number of hydrogen-bond acceptors (Lipinski definition) is 7. The molecule has 0 fully saturated rings. The minimum absolute atomic E-state index is 0.268. The average Bonchev–Trinajstić information content (AvgIpc) is 3.29. The number of allylic oxidation sites excluding steroid dienone is 2. The molecule has 0 aliphatic heterocycles. The number of imidazole rings is 1. The molecular formula is C30H39FN8. The summed E-state index contributed by atoms with van der Waals surface area (Å²) in [7, 11) is 6.21. The number of pyridine rings is 1. The molecule has 3 aromatic rings. The van der Waals surface area contributed by atoms with Gasteiger partial charge in [0.05, 0.1) is 22.8 Å². The van der Waals surface area contributed by atoms with Gasteiger partial charge in [0.25, 0.3) is 0 Å². The van der Waals surface area contributed by atoms with Gasteiger partial charge >= 0.3 is 0 Å². The molecule has 0 amide bonds. The van der Waals surface area contributed by atoms with Gasteiger partial charge in [-0.2, -0.15) is 0 Å². The lowest BCUT2D eigenvalue weighted by Crippen LogP contribution is -2.29. The van der Waals surface area contributed by atoms with Gasteiger partial charge in [-0.25, -0.2) is 9.37 Å². The Bertz CT molecular complexity index is 1400. The number of hydrogen-bond donors (Lipinski definition) is 2. The fraction of sp³-hybridized carbons (Fsp3) is 0.300. The first-order valence-corrected chi connectivity index (χ1v) is 12.8. The van der Waals surface area contributed by atoms with E-state index in [1.807, 2.05) is 13.1 Å². The number of nitrogens with zero attached hydrogens (tertiary/aromatic N) is 6. The number of aromatic nitrogens is 2. The van der Waals surface area contributed by atoms with Crippen LogP contribution in [0.4, 0.5) is 21.5 Å². The average molecular weight is 531 g/mol. The number of rotatable bonds is 14. The van der Waals surface area contributed by atoms with Crippen LogP contribution in [-0.2, 0) is 6.42 Å². The molecule has 0 saturated heterocycles. The zero-order valence-electron chi connectivity index (χ0n) is 23.6. The van der Waals surface area contributed by atoms with Gasteiger partial charge in [0.1, 0.15) is 6.67 Å². The minimum atomic E-state index is -0.415. The summed E-state index contributed by atoms with van der Waals surface area (Å²) in [6.07, 6.45) is 9.37. The Balaban J connectivity index is 1.94. The van der Waals surface area contributed by atoms with Crippen LogP contribution in [0.3, 0.4) is 0 Å². The molecule has 1 aromatic carbocycles. The molecule has 0 unspecified atom stereocenters. The van der Waals surface area contributed by atoms with Crippen LogP contribution in [0.5, 0.6) is 0 Å². The van der Waals surface area contributed by atoms with Crippen LogP contribution in [0.2, 0.25) is 0 Å². The standard InChI is InChI=1S/C30H39FN8/c1-9-21(3)35-28-17-27(23(10-2)16-29(28)38(8)14-13-37(6)7)34-20-33-26(11-12-32-5)24-15-25(31)30-36-22(4)18-39(30)19-24/h9,11-12,15-19,34-35H,1,3,5,10,13-14,20H2,2,4,6-8H3/b12-11-,33-26+. The molecule has 0 spiro atoms. The molecule has 9 heteroatoms. The largest absolute Gasteiger partial charge is 0.372 e. The van der Waals surface area contributed by atoms with E-state index >= 15 is 0 Å². The fourth-order valence-electron chi connectivity index (χ4n) is 4.09. The van der Waals surface area contributed by atoms with Crippen LogP contribution in [0, 0.1) is 12.7 Å². The van der Waals surface area contributed by atoms with Crippen molar-refractivity contribution in [1.29, 1.82) is 0 Å². The predicted octanol–water partition coefficient (Wildman–Crippen LogP) is 5.53. The van der Waals surface area contributed by atoms with Crippen LogP contribution in [0.15, 0.2) is 77.8 Å². The molecule has 206 valence electrons. The van der Waals surface area contributed by atoms with Crippen LogP contribution < -0.4 is 15.5 Å². The van der Waals surface area contributed by atoms with Gasteiger partial charge < -0.3 is 24.8 Å². The molecule has 0 radical (unpaired) electrons. The monoisotopic (exact) mass is 530 g/mol. The molecule has 3 rings (SSSR count). The summed E-state index contributed by atoms with van der Waals surface area (Å²) in [6.45, 7) is 17.4. The normalized spacial score (nSPS) is 11.8. The first-order valence-electron chi connectivity index (χ1n) is 12.8. The Morgan fingerprint density at radius 2 is 1.92 bits per heavy atom. The van der Waals surface area contributed by atoms with Crippen molar-refractivity contribution < 1.29 is 4.39 Å². The lowest BCUT2D eigenvalue weighted by Gasteiger charge is -2.26. The maximum atomic E-state index is 14.8. The van der Waals surface area contributed by atoms with Crippen molar-refractivity contribution in [3.8, 4) is 0 Å². The van der Waals surface area contributed by atoms with E-state index in [9.17, 15) is 4.39 Å². The highest BCUT2D eigenvalue weighted by Crippen LogP contribution is 2.33. The zero-order chi connectivity index (χ0) is 28.5. The summed E-state index contributed by atoms with van der Waals surface area (Å²) in [5, 5.41) is 6.82. The predicted molar refractivity (Wildman–Crippen MR) is 164 cm³/mol. The second kappa shape index (κ2) is 13.5. The van der Waals surface area contributed by atoms with Crippen molar-refractivity contribution in [2.45, 2.75) is 20.3 Å². The van der Waals surface area contributed by atoms with Gasteiger partial charge in [-0.3, -0.25) is 9.98 Å². The van der Waals surface area contributed by atoms with Gasteiger partial charge in [0, 0.05) is 55.7 Å². The lowest BCUT2D eigenvalue weighted by molar-refractivity contribution is 0.416. The number of nitrogens with one attached hydrogen (secondary N) is 2. The van der Waals surface area contributed by atoms with Crippen LogP contribution in [0.25, 0.3) is 5.65 Å². The summed E-state index contributed by atoms with van der Waals surface area (Å²) < 4.78 is 16.4. The number of likely N-dealkylation sites (N-methyl/N-ethyl adjacent to an activating group) is 2. The molecule has 0 saturated carbocycles. The topological polar surface area (TPSA) is 72.6 Å². The van der Waals surface area contributed by atoms with Crippen molar-refractivity contribution in [1.82, 2.24) is 14.3 Å². The van der Waals surface area contributed by atoms with E-state index < -0.39 is 5.82 Å². The van der Waals surface area contributed by atoms with Gasteiger partial charge in [0.2, 0.25) is 0 Å². The van der Waals surface area contributed by atoms with Gasteiger partial charge in [0.15, 0.2) is 11.5 Å². The van der Waals surface area contributed by atoms with E-state index in [-0.39, 0.29) is 12.3 Å². The Hall–Kier alpha value is -4.24. The van der Waals surface area contributed by atoms with E-state index in [2.05, 4.69) is 90.5 Å². The van der Waals surface area contributed by atoms with Crippen molar-refractivity contribution in [3.05, 3.63) is 90.4 Å². The van der Waals surface area contributed by atoms with Gasteiger partial charge in [-0.15, -0.1) is 0 Å². The molecule has 2 heterocycles. The first kappa shape index (κ1) is 29.3. The van der Waals surface area contributed by atoms with Gasteiger partial charge in [-0.05, 0) is 70.1 Å². The van der Waals surface area contributed by atoms with Crippen molar-refractivity contribution in [2.75, 3.05) is 56.4 Å². The zero-order valence-corrected chi connectivity index (χ0v) is 23.6. The number of aryl methyl sites for hydroxylation is 2. The number of anilines is 3. The quantitative estimate of drug-likeness (QED) is 0.212. The molecule has 8 nitrogen and oxygen atoms in total. The van der Waals surface area contributed by atoms with Gasteiger partial charge in [-0.1, -0.05) is 20.1 Å². The Kier molecular flexibility index (Phi) is 10.2. The molecule has 0 aliphatic rings. The molecule has 0 atom stereocenters. The highest BCUT2D eigenvalue weighted by molar-refractivity contribution is 6.08. The maximum absolute atomic E-state index is 14.8. The second-order valence-corrected chi connectivity index (χ2v) is 9.53. The second-order valence-electron chi connectivity index (χ2n) is 9.53. The van der Waals surface area contributed by atoms with E-state index in [0.717, 1.165) is 47.8 Å². The summed E-state index contributed by atoms with van der Waals surface area (Å²) in [6, 6.07) is 5.70. The highest BCUT2D eigenvalue weighted by Gasteiger charge is 2.14. The SMILES string of the molecule is C=CC(=C)Nc1cc(NC/N=C(\C=C/N=C)c2cc(F)c3nc(C)cn3c2)c(CC)cc1N(C)CCN(C)C. The molecular weight excluding hydrogens is 491 g/mol. The Labute approximate surface area is 231 Å². The number of halogens is 1. The third-order valence-electron chi connectivity index (χ3n) is 6.22. The fourth-order valence-corrected chi connectivity index (χ4v) is 4.09. The molecule has 2 aromatic heterocycles.